The normalized spacial score (nSPS) is 17.0. The van der Waals surface area contributed by atoms with Gasteiger partial charge in [-0.2, -0.15) is 5.26 Å². The molecule has 4 heteroatoms. The molecule has 0 unspecified atom stereocenters. The number of nitrogens with zero attached hydrogens (tertiary/aromatic N) is 3. The molecule has 0 N–H and O–H groups in total. The summed E-state index contributed by atoms with van der Waals surface area (Å²) in [6, 6.07) is 2.22. The summed E-state index contributed by atoms with van der Waals surface area (Å²) >= 11 is 0. The molecule has 1 aromatic heterocycles. The lowest BCUT2D eigenvalue weighted by molar-refractivity contribution is 0.419. The molecule has 1 saturated carbocycles. The van der Waals surface area contributed by atoms with Gasteiger partial charge in [-0.1, -0.05) is 6.92 Å². The highest BCUT2D eigenvalue weighted by molar-refractivity contribution is 5.00. The van der Waals surface area contributed by atoms with Gasteiger partial charge in [0.15, 0.2) is 0 Å². The van der Waals surface area contributed by atoms with E-state index < -0.39 is 0 Å². The van der Waals surface area contributed by atoms with E-state index in [0.717, 1.165) is 25.8 Å². The maximum atomic E-state index is 11.9. The molecular weight excluding hydrogens is 202 g/mol. The molecule has 1 aliphatic rings. The summed E-state index contributed by atoms with van der Waals surface area (Å²) in [4.78, 5) is 11.9. The SMILES string of the molecule is CCCn1ccn(CC2(CC#N)CC2)c1=O. The third-order valence-corrected chi connectivity index (χ3v) is 3.30. The Balaban J connectivity index is 2.11. The van der Waals surface area contributed by atoms with Gasteiger partial charge in [-0.3, -0.25) is 9.13 Å². The summed E-state index contributed by atoms with van der Waals surface area (Å²) in [5.41, 5.74) is 0.155. The monoisotopic (exact) mass is 219 g/mol. The fraction of sp³-hybridized carbons (Fsp3) is 0.667. The smallest absolute Gasteiger partial charge is 0.299 e. The fourth-order valence-electron chi connectivity index (χ4n) is 2.08. The zero-order chi connectivity index (χ0) is 11.6. The highest BCUT2D eigenvalue weighted by atomic mass is 16.1. The molecule has 4 nitrogen and oxygen atoms in total. The van der Waals surface area contributed by atoms with Crippen molar-refractivity contribution in [3.8, 4) is 6.07 Å². The molecule has 0 radical (unpaired) electrons. The van der Waals surface area contributed by atoms with Crippen LogP contribution in [-0.2, 0) is 13.1 Å². The Kier molecular flexibility index (Phi) is 2.86. The van der Waals surface area contributed by atoms with E-state index in [4.69, 9.17) is 5.26 Å². The van der Waals surface area contributed by atoms with Gasteiger partial charge in [-0.25, -0.2) is 4.79 Å². The number of rotatable bonds is 5. The quantitative estimate of drug-likeness (QED) is 0.757. The highest BCUT2D eigenvalue weighted by Gasteiger charge is 2.43. The summed E-state index contributed by atoms with van der Waals surface area (Å²) in [6.45, 7) is 3.54. The van der Waals surface area contributed by atoms with Crippen molar-refractivity contribution in [3.05, 3.63) is 22.9 Å². The molecule has 0 bridgehead atoms. The molecule has 1 heterocycles. The van der Waals surface area contributed by atoms with Crippen molar-refractivity contribution in [1.82, 2.24) is 9.13 Å². The van der Waals surface area contributed by atoms with Crippen LogP contribution in [-0.4, -0.2) is 9.13 Å². The molecule has 0 saturated heterocycles. The van der Waals surface area contributed by atoms with Gasteiger partial charge in [0, 0.05) is 37.3 Å². The van der Waals surface area contributed by atoms with Crippen molar-refractivity contribution in [1.29, 1.82) is 5.26 Å². The van der Waals surface area contributed by atoms with E-state index in [1.165, 1.54) is 0 Å². The third kappa shape index (κ3) is 2.04. The second kappa shape index (κ2) is 4.17. The maximum Gasteiger partial charge on any atom is 0.328 e. The summed E-state index contributed by atoms with van der Waals surface area (Å²) < 4.78 is 3.49. The fourth-order valence-corrected chi connectivity index (χ4v) is 2.08. The molecule has 86 valence electrons. The highest BCUT2D eigenvalue weighted by Crippen LogP contribution is 2.49. The first-order valence-corrected chi connectivity index (χ1v) is 5.83. The van der Waals surface area contributed by atoms with E-state index in [2.05, 4.69) is 13.0 Å². The standard InChI is InChI=1S/C12H17N3O/c1-2-7-14-8-9-15(11(14)16)10-12(3-4-12)5-6-13/h8-9H,2-5,7,10H2,1H3. The Labute approximate surface area is 95.1 Å². The molecule has 0 aromatic carbocycles. The number of aryl methyl sites for hydroxylation is 1. The Morgan fingerprint density at radius 1 is 1.44 bits per heavy atom. The molecule has 0 atom stereocenters. The van der Waals surface area contributed by atoms with E-state index in [9.17, 15) is 4.79 Å². The maximum absolute atomic E-state index is 11.9. The molecule has 1 aliphatic carbocycles. The second-order valence-electron chi connectivity index (χ2n) is 4.74. The van der Waals surface area contributed by atoms with Gasteiger partial charge >= 0.3 is 5.69 Å². The van der Waals surface area contributed by atoms with Gasteiger partial charge in [0.2, 0.25) is 0 Å². The number of hydrogen-bond acceptors (Lipinski definition) is 2. The van der Waals surface area contributed by atoms with E-state index in [0.29, 0.717) is 13.0 Å². The first-order valence-electron chi connectivity index (χ1n) is 5.83. The van der Waals surface area contributed by atoms with Crippen molar-refractivity contribution in [2.45, 2.75) is 45.7 Å². The summed E-state index contributed by atoms with van der Waals surface area (Å²) in [7, 11) is 0. The number of imidazole rings is 1. The number of nitriles is 1. The van der Waals surface area contributed by atoms with E-state index >= 15 is 0 Å². The summed E-state index contributed by atoms with van der Waals surface area (Å²) in [6.07, 6.45) is 7.37. The van der Waals surface area contributed by atoms with Gasteiger partial charge < -0.3 is 0 Å². The third-order valence-electron chi connectivity index (χ3n) is 3.30. The Hall–Kier alpha value is -1.50. The average Bonchev–Trinajstić information content (AvgIpc) is 2.94. The number of aromatic nitrogens is 2. The minimum Gasteiger partial charge on any atom is -0.299 e. The van der Waals surface area contributed by atoms with Crippen LogP contribution in [0.25, 0.3) is 0 Å². The predicted octanol–water partition coefficient (Wildman–Crippen LogP) is 1.75. The largest absolute Gasteiger partial charge is 0.328 e. The minimum absolute atomic E-state index is 0.0612. The molecule has 2 rings (SSSR count). The first kappa shape index (κ1) is 11.0. The lowest BCUT2D eigenvalue weighted by Gasteiger charge is -2.10. The topological polar surface area (TPSA) is 50.7 Å². The van der Waals surface area contributed by atoms with Gasteiger partial charge in [0.05, 0.1) is 6.07 Å². The van der Waals surface area contributed by atoms with Crippen molar-refractivity contribution in [2.75, 3.05) is 0 Å². The van der Waals surface area contributed by atoms with E-state index in [-0.39, 0.29) is 11.1 Å². The van der Waals surface area contributed by atoms with Crippen molar-refractivity contribution < 1.29 is 0 Å². The van der Waals surface area contributed by atoms with Gasteiger partial charge in [-0.15, -0.1) is 0 Å². The second-order valence-corrected chi connectivity index (χ2v) is 4.74. The molecule has 1 fully saturated rings. The molecule has 16 heavy (non-hydrogen) atoms. The molecule has 0 amide bonds. The van der Waals surface area contributed by atoms with Crippen LogP contribution in [0.15, 0.2) is 17.2 Å². The van der Waals surface area contributed by atoms with Crippen LogP contribution in [0.4, 0.5) is 0 Å². The molecule has 0 spiro atoms. The van der Waals surface area contributed by atoms with Crippen LogP contribution < -0.4 is 5.69 Å². The molecular formula is C12H17N3O. The lowest BCUT2D eigenvalue weighted by Crippen LogP contribution is -2.27. The Bertz CT molecular complexity index is 459. The van der Waals surface area contributed by atoms with Gasteiger partial charge in [0.25, 0.3) is 0 Å². The van der Waals surface area contributed by atoms with Crippen molar-refractivity contribution in [3.63, 3.8) is 0 Å². The van der Waals surface area contributed by atoms with Crippen LogP contribution in [0.5, 0.6) is 0 Å². The van der Waals surface area contributed by atoms with Gasteiger partial charge in [-0.05, 0) is 19.3 Å². The van der Waals surface area contributed by atoms with Crippen molar-refractivity contribution >= 4 is 0 Å². The van der Waals surface area contributed by atoms with Crippen LogP contribution >= 0.6 is 0 Å². The molecule has 1 aromatic rings. The van der Waals surface area contributed by atoms with Gasteiger partial charge in [0.1, 0.15) is 0 Å². The Morgan fingerprint density at radius 3 is 2.69 bits per heavy atom. The van der Waals surface area contributed by atoms with Crippen LogP contribution in [0.2, 0.25) is 0 Å². The Morgan fingerprint density at radius 2 is 2.12 bits per heavy atom. The first-order chi connectivity index (χ1) is 7.71. The summed E-state index contributed by atoms with van der Waals surface area (Å²) in [5, 5.41) is 8.74. The van der Waals surface area contributed by atoms with E-state index in [1.54, 1.807) is 9.13 Å². The van der Waals surface area contributed by atoms with E-state index in [1.807, 2.05) is 12.4 Å². The molecule has 0 aliphatic heterocycles. The lowest BCUT2D eigenvalue weighted by atomic mass is 10.0. The average molecular weight is 219 g/mol. The number of hydrogen-bond donors (Lipinski definition) is 0. The predicted molar refractivity (Wildman–Crippen MR) is 60.9 cm³/mol. The van der Waals surface area contributed by atoms with Crippen LogP contribution in [0, 0.1) is 16.7 Å². The van der Waals surface area contributed by atoms with Crippen LogP contribution in [0.1, 0.15) is 32.6 Å². The van der Waals surface area contributed by atoms with Crippen LogP contribution in [0.3, 0.4) is 0 Å². The van der Waals surface area contributed by atoms with Crippen molar-refractivity contribution in [2.24, 2.45) is 5.41 Å². The summed E-state index contributed by atoms with van der Waals surface area (Å²) in [5.74, 6) is 0. The zero-order valence-corrected chi connectivity index (χ0v) is 9.65. The zero-order valence-electron chi connectivity index (χ0n) is 9.65. The minimum atomic E-state index is 0.0612.